The lowest BCUT2D eigenvalue weighted by Crippen LogP contribution is -2.18. The van der Waals surface area contributed by atoms with Gasteiger partial charge < -0.3 is 5.32 Å². The quantitative estimate of drug-likeness (QED) is 0.790. The number of anilines is 1. The van der Waals surface area contributed by atoms with E-state index in [1.54, 1.807) is 0 Å². The topological polar surface area (TPSA) is 37.8 Å². The monoisotopic (exact) mass is 241 g/mol. The minimum absolute atomic E-state index is 0.484. The van der Waals surface area contributed by atoms with E-state index in [-0.39, 0.29) is 0 Å². The van der Waals surface area contributed by atoms with Crippen LogP contribution in [0.4, 0.5) is 5.13 Å². The molecule has 0 aliphatic carbocycles. The molecule has 0 amide bonds. The van der Waals surface area contributed by atoms with E-state index in [2.05, 4.69) is 42.4 Å². The van der Waals surface area contributed by atoms with Gasteiger partial charge in [-0.2, -0.15) is 4.37 Å². The Balaban J connectivity index is 2.40. The fourth-order valence-electron chi connectivity index (χ4n) is 1.68. The second-order valence-corrected chi connectivity index (χ2v) is 5.31. The molecule has 1 heterocycles. The Kier molecular flexibility index (Phi) is 5.74. The molecule has 0 saturated carbocycles. The van der Waals surface area contributed by atoms with Crippen molar-refractivity contribution >= 4 is 16.7 Å². The van der Waals surface area contributed by atoms with E-state index in [9.17, 15) is 0 Å². The van der Waals surface area contributed by atoms with Crippen molar-refractivity contribution < 1.29 is 0 Å². The van der Waals surface area contributed by atoms with E-state index >= 15 is 0 Å². The first-order valence-electron chi connectivity index (χ1n) is 6.24. The van der Waals surface area contributed by atoms with Crippen molar-refractivity contribution in [3.8, 4) is 0 Å². The van der Waals surface area contributed by atoms with Crippen molar-refractivity contribution in [2.45, 2.75) is 59.4 Å². The molecule has 0 bridgehead atoms. The summed E-state index contributed by atoms with van der Waals surface area (Å²) in [5, 5.41) is 4.40. The van der Waals surface area contributed by atoms with Crippen molar-refractivity contribution in [1.29, 1.82) is 0 Å². The van der Waals surface area contributed by atoms with Gasteiger partial charge in [0.1, 0.15) is 5.82 Å². The van der Waals surface area contributed by atoms with E-state index in [0.717, 1.165) is 29.7 Å². The number of aryl methyl sites for hydroxylation is 1. The fraction of sp³-hybridized carbons (Fsp3) is 0.833. The SMILES string of the molecule is CCCc1nsc(NC(C)CC(C)CC)n1. The van der Waals surface area contributed by atoms with Crippen LogP contribution in [-0.4, -0.2) is 15.4 Å². The Morgan fingerprint density at radius 1 is 1.31 bits per heavy atom. The van der Waals surface area contributed by atoms with Gasteiger partial charge in [-0.3, -0.25) is 0 Å². The zero-order valence-corrected chi connectivity index (χ0v) is 11.6. The standard InChI is InChI=1S/C12H23N3S/c1-5-7-11-14-12(16-15-11)13-10(4)8-9(3)6-2/h9-10H,5-8H2,1-4H3,(H,13,14,15). The molecule has 0 aliphatic rings. The van der Waals surface area contributed by atoms with Gasteiger partial charge in [0.2, 0.25) is 5.13 Å². The highest BCUT2D eigenvalue weighted by Crippen LogP contribution is 2.17. The average molecular weight is 241 g/mol. The maximum atomic E-state index is 4.47. The predicted octanol–water partition coefficient (Wildman–Crippen LogP) is 3.73. The third-order valence-electron chi connectivity index (χ3n) is 2.76. The number of aromatic nitrogens is 2. The lowest BCUT2D eigenvalue weighted by atomic mass is 10.0. The molecule has 0 spiro atoms. The molecular formula is C12H23N3S. The van der Waals surface area contributed by atoms with Crippen LogP contribution in [0.15, 0.2) is 0 Å². The smallest absolute Gasteiger partial charge is 0.202 e. The number of hydrogen-bond acceptors (Lipinski definition) is 4. The first-order valence-corrected chi connectivity index (χ1v) is 7.02. The molecule has 0 saturated heterocycles. The first kappa shape index (κ1) is 13.4. The third-order valence-corrected chi connectivity index (χ3v) is 3.45. The molecule has 2 unspecified atom stereocenters. The normalized spacial score (nSPS) is 14.8. The lowest BCUT2D eigenvalue weighted by molar-refractivity contribution is 0.483. The summed E-state index contributed by atoms with van der Waals surface area (Å²) < 4.78 is 4.33. The molecule has 16 heavy (non-hydrogen) atoms. The highest BCUT2D eigenvalue weighted by Gasteiger charge is 2.09. The average Bonchev–Trinajstić information content (AvgIpc) is 2.65. The Morgan fingerprint density at radius 3 is 2.69 bits per heavy atom. The molecule has 0 aliphatic heterocycles. The number of nitrogens with one attached hydrogen (secondary N) is 1. The molecule has 0 aromatic carbocycles. The Labute approximate surface area is 103 Å². The molecular weight excluding hydrogens is 218 g/mol. The van der Waals surface area contributed by atoms with Crippen molar-refractivity contribution in [3.05, 3.63) is 5.82 Å². The van der Waals surface area contributed by atoms with Gasteiger partial charge in [-0.05, 0) is 25.7 Å². The minimum Gasteiger partial charge on any atom is -0.358 e. The molecule has 92 valence electrons. The van der Waals surface area contributed by atoms with Gasteiger partial charge in [-0.15, -0.1) is 0 Å². The van der Waals surface area contributed by atoms with Crippen molar-refractivity contribution in [3.63, 3.8) is 0 Å². The molecule has 2 atom stereocenters. The van der Waals surface area contributed by atoms with Gasteiger partial charge in [0, 0.05) is 24.0 Å². The maximum Gasteiger partial charge on any atom is 0.202 e. The van der Waals surface area contributed by atoms with Crippen LogP contribution in [-0.2, 0) is 6.42 Å². The van der Waals surface area contributed by atoms with E-state index in [0.29, 0.717) is 6.04 Å². The Bertz CT molecular complexity index is 298. The molecule has 4 heteroatoms. The van der Waals surface area contributed by atoms with E-state index in [4.69, 9.17) is 0 Å². The van der Waals surface area contributed by atoms with Crippen LogP contribution in [0.3, 0.4) is 0 Å². The van der Waals surface area contributed by atoms with Crippen LogP contribution in [0.1, 0.15) is 52.8 Å². The summed E-state index contributed by atoms with van der Waals surface area (Å²) in [5.41, 5.74) is 0. The highest BCUT2D eigenvalue weighted by atomic mass is 32.1. The fourth-order valence-corrected chi connectivity index (χ4v) is 2.40. The van der Waals surface area contributed by atoms with Gasteiger partial charge in [-0.1, -0.05) is 27.2 Å². The minimum atomic E-state index is 0.484. The van der Waals surface area contributed by atoms with Crippen LogP contribution in [0, 0.1) is 5.92 Å². The van der Waals surface area contributed by atoms with E-state index < -0.39 is 0 Å². The molecule has 0 radical (unpaired) electrons. The van der Waals surface area contributed by atoms with E-state index in [1.807, 2.05) is 0 Å². The van der Waals surface area contributed by atoms with Crippen LogP contribution in [0.25, 0.3) is 0 Å². The van der Waals surface area contributed by atoms with Crippen LogP contribution in [0.2, 0.25) is 0 Å². The van der Waals surface area contributed by atoms with Crippen molar-refractivity contribution in [1.82, 2.24) is 9.36 Å². The largest absolute Gasteiger partial charge is 0.358 e. The van der Waals surface area contributed by atoms with Crippen LogP contribution in [0.5, 0.6) is 0 Å². The molecule has 1 aromatic heterocycles. The Hall–Kier alpha value is -0.640. The summed E-state index contributed by atoms with van der Waals surface area (Å²) in [6.07, 6.45) is 4.53. The van der Waals surface area contributed by atoms with Gasteiger partial charge in [0.15, 0.2) is 0 Å². The molecule has 0 fully saturated rings. The van der Waals surface area contributed by atoms with Gasteiger partial charge in [-0.25, -0.2) is 4.98 Å². The zero-order chi connectivity index (χ0) is 12.0. The summed E-state index contributed by atoms with van der Waals surface area (Å²) >= 11 is 1.48. The van der Waals surface area contributed by atoms with Crippen molar-refractivity contribution in [2.24, 2.45) is 5.92 Å². The van der Waals surface area contributed by atoms with Crippen LogP contribution >= 0.6 is 11.5 Å². The summed E-state index contributed by atoms with van der Waals surface area (Å²) in [6, 6.07) is 0.484. The van der Waals surface area contributed by atoms with Crippen LogP contribution < -0.4 is 5.32 Å². The van der Waals surface area contributed by atoms with Gasteiger partial charge >= 0.3 is 0 Å². The van der Waals surface area contributed by atoms with E-state index in [1.165, 1.54) is 24.4 Å². The number of hydrogen-bond donors (Lipinski definition) is 1. The molecule has 1 rings (SSSR count). The second kappa shape index (κ2) is 6.84. The second-order valence-electron chi connectivity index (χ2n) is 4.56. The summed E-state index contributed by atoms with van der Waals surface area (Å²) in [7, 11) is 0. The lowest BCUT2D eigenvalue weighted by Gasteiger charge is -2.16. The Morgan fingerprint density at radius 2 is 2.06 bits per heavy atom. The number of rotatable bonds is 7. The van der Waals surface area contributed by atoms with Gasteiger partial charge in [0.25, 0.3) is 0 Å². The van der Waals surface area contributed by atoms with Crippen molar-refractivity contribution in [2.75, 3.05) is 5.32 Å². The zero-order valence-electron chi connectivity index (χ0n) is 10.8. The molecule has 3 nitrogen and oxygen atoms in total. The number of nitrogens with zero attached hydrogens (tertiary/aromatic N) is 2. The molecule has 1 N–H and O–H groups in total. The third kappa shape index (κ3) is 4.47. The van der Waals surface area contributed by atoms with Gasteiger partial charge in [0.05, 0.1) is 0 Å². The summed E-state index contributed by atoms with van der Waals surface area (Å²) in [5.74, 6) is 1.75. The maximum absolute atomic E-state index is 4.47. The summed E-state index contributed by atoms with van der Waals surface area (Å²) in [6.45, 7) is 8.90. The highest BCUT2D eigenvalue weighted by molar-refractivity contribution is 7.09. The molecule has 1 aromatic rings. The predicted molar refractivity (Wildman–Crippen MR) is 71.1 cm³/mol. The first-order chi connectivity index (χ1) is 7.65. The summed E-state index contributed by atoms with van der Waals surface area (Å²) in [4.78, 5) is 4.47.